The number of anilines is 1. The molecular formula is C13H13N3O3. The van der Waals surface area contributed by atoms with E-state index >= 15 is 0 Å². The van der Waals surface area contributed by atoms with E-state index in [9.17, 15) is 9.59 Å². The molecule has 2 rings (SSSR count). The maximum atomic E-state index is 11.4. The zero-order valence-corrected chi connectivity index (χ0v) is 10.1. The summed E-state index contributed by atoms with van der Waals surface area (Å²) >= 11 is 0. The molecule has 0 aliphatic heterocycles. The molecule has 2 aromatic rings. The van der Waals surface area contributed by atoms with Gasteiger partial charge in [0.2, 0.25) is 0 Å². The highest BCUT2D eigenvalue weighted by atomic mass is 16.4. The Morgan fingerprint density at radius 1 is 1.32 bits per heavy atom. The minimum atomic E-state index is -0.886. The maximum absolute atomic E-state index is 11.4. The summed E-state index contributed by atoms with van der Waals surface area (Å²) in [6.07, 6.45) is 2.88. The zero-order valence-electron chi connectivity index (χ0n) is 10.1. The molecule has 6 heteroatoms. The maximum Gasteiger partial charge on any atom is 0.307 e. The molecule has 1 heterocycles. The van der Waals surface area contributed by atoms with Crippen molar-refractivity contribution in [2.75, 3.05) is 5.32 Å². The second kappa shape index (κ2) is 5.81. The van der Waals surface area contributed by atoms with E-state index in [1.807, 2.05) is 12.1 Å². The fourth-order valence-electron chi connectivity index (χ4n) is 1.72. The number of nitrogens with zero attached hydrogens (tertiary/aromatic N) is 1. The fourth-order valence-corrected chi connectivity index (χ4v) is 1.72. The number of carboxylic acids is 1. The summed E-state index contributed by atoms with van der Waals surface area (Å²) in [5, 5.41) is 11.7. The smallest absolute Gasteiger partial charge is 0.307 e. The summed E-state index contributed by atoms with van der Waals surface area (Å²) in [5.41, 5.74) is 1.24. The van der Waals surface area contributed by atoms with Crippen molar-refractivity contribution in [1.29, 1.82) is 0 Å². The second-order valence-electron chi connectivity index (χ2n) is 3.96. The van der Waals surface area contributed by atoms with Crippen LogP contribution in [0.3, 0.4) is 0 Å². The Kier molecular flexibility index (Phi) is 3.92. The molecule has 98 valence electrons. The Morgan fingerprint density at radius 2 is 2.05 bits per heavy atom. The molecule has 1 aromatic carbocycles. The van der Waals surface area contributed by atoms with Crippen LogP contribution in [0.4, 0.5) is 5.82 Å². The number of benzene rings is 1. The van der Waals surface area contributed by atoms with Gasteiger partial charge >= 0.3 is 5.97 Å². The minimum Gasteiger partial charge on any atom is -0.481 e. The molecule has 0 atom stereocenters. The molecule has 0 unspecified atom stereocenters. The number of carbonyl (C=O) groups is 1. The number of nitrogens with one attached hydrogen (secondary N) is 2. The summed E-state index contributed by atoms with van der Waals surface area (Å²) in [4.78, 5) is 28.6. The van der Waals surface area contributed by atoms with Crippen LogP contribution in [0.5, 0.6) is 0 Å². The summed E-state index contributed by atoms with van der Waals surface area (Å²) in [6.45, 7) is 0.351. The number of hydrogen-bond donors (Lipinski definition) is 3. The van der Waals surface area contributed by atoms with E-state index < -0.39 is 5.97 Å². The predicted octanol–water partition coefficient (Wildman–Crippen LogP) is 1.01. The number of carboxylic acid groups (broad SMARTS) is 1. The van der Waals surface area contributed by atoms with Crippen LogP contribution in [0.25, 0.3) is 0 Å². The van der Waals surface area contributed by atoms with Gasteiger partial charge in [-0.3, -0.25) is 9.59 Å². The Labute approximate surface area is 109 Å². The highest BCUT2D eigenvalue weighted by molar-refractivity contribution is 5.70. The molecule has 0 saturated heterocycles. The molecule has 0 bridgehead atoms. The number of H-pyrrole nitrogens is 1. The fraction of sp³-hybridized carbons (Fsp3) is 0.154. The molecule has 6 nitrogen and oxygen atoms in total. The van der Waals surface area contributed by atoms with Gasteiger partial charge in [-0.2, -0.15) is 0 Å². The lowest BCUT2D eigenvalue weighted by molar-refractivity contribution is -0.136. The van der Waals surface area contributed by atoms with Gasteiger partial charge in [0, 0.05) is 18.9 Å². The van der Waals surface area contributed by atoms with E-state index in [2.05, 4.69) is 15.3 Å². The number of rotatable bonds is 5. The van der Waals surface area contributed by atoms with E-state index in [1.165, 1.54) is 12.4 Å². The van der Waals surface area contributed by atoms with Crippen molar-refractivity contribution < 1.29 is 9.90 Å². The number of aromatic amines is 1. The average Bonchev–Trinajstić information content (AvgIpc) is 2.39. The van der Waals surface area contributed by atoms with Crippen LogP contribution in [0.1, 0.15) is 11.1 Å². The van der Waals surface area contributed by atoms with Crippen LogP contribution < -0.4 is 10.9 Å². The normalized spacial score (nSPS) is 10.1. The predicted molar refractivity (Wildman–Crippen MR) is 70.0 cm³/mol. The number of hydrogen-bond acceptors (Lipinski definition) is 4. The largest absolute Gasteiger partial charge is 0.481 e. The van der Waals surface area contributed by atoms with Gasteiger partial charge in [-0.05, 0) is 11.1 Å². The first-order chi connectivity index (χ1) is 9.16. The van der Waals surface area contributed by atoms with Gasteiger partial charge in [-0.15, -0.1) is 0 Å². The molecule has 0 aliphatic carbocycles. The Balaban J connectivity index is 2.14. The van der Waals surface area contributed by atoms with Crippen LogP contribution in [0.15, 0.2) is 41.5 Å². The summed E-state index contributed by atoms with van der Waals surface area (Å²) in [6, 6.07) is 7.19. The topological polar surface area (TPSA) is 95.1 Å². The Hall–Kier alpha value is -2.63. The first-order valence-corrected chi connectivity index (χ1v) is 5.73. The minimum absolute atomic E-state index is 0.0452. The van der Waals surface area contributed by atoms with E-state index in [0.717, 1.165) is 11.1 Å². The summed E-state index contributed by atoms with van der Waals surface area (Å²) in [7, 11) is 0. The van der Waals surface area contributed by atoms with Gasteiger partial charge in [0.1, 0.15) is 0 Å². The van der Waals surface area contributed by atoms with Crippen molar-refractivity contribution in [2.45, 2.75) is 13.0 Å². The molecule has 0 spiro atoms. The number of aromatic nitrogens is 2. The third-order valence-electron chi connectivity index (χ3n) is 2.61. The van der Waals surface area contributed by atoms with Gasteiger partial charge in [0.15, 0.2) is 5.82 Å². The van der Waals surface area contributed by atoms with Crippen molar-refractivity contribution in [3.8, 4) is 0 Å². The Bertz CT molecular complexity index is 637. The van der Waals surface area contributed by atoms with Crippen LogP contribution >= 0.6 is 0 Å². The number of aliphatic carboxylic acids is 1. The first kappa shape index (κ1) is 12.8. The molecule has 19 heavy (non-hydrogen) atoms. The lowest BCUT2D eigenvalue weighted by Gasteiger charge is -2.08. The van der Waals surface area contributed by atoms with Crippen LogP contribution in [0, 0.1) is 0 Å². The first-order valence-electron chi connectivity index (χ1n) is 5.73. The highest BCUT2D eigenvalue weighted by Crippen LogP contribution is 2.10. The van der Waals surface area contributed by atoms with Crippen LogP contribution in [-0.2, 0) is 17.8 Å². The Morgan fingerprint density at radius 3 is 2.74 bits per heavy atom. The van der Waals surface area contributed by atoms with Gasteiger partial charge < -0.3 is 15.4 Å². The van der Waals surface area contributed by atoms with Crippen molar-refractivity contribution in [3.05, 3.63) is 58.1 Å². The molecule has 1 aromatic heterocycles. The standard InChI is InChI=1S/C13H13N3O3/c17-11(18)7-9-3-1-2-4-10(9)8-16-12-13(19)15-6-5-14-12/h1-6H,7-8H2,(H,14,16)(H,15,19)(H,17,18). The SMILES string of the molecule is O=C(O)Cc1ccccc1CNc1ncc[nH]c1=O. The lowest BCUT2D eigenvalue weighted by atomic mass is 10.0. The third-order valence-corrected chi connectivity index (χ3v) is 2.61. The van der Waals surface area contributed by atoms with Crippen molar-refractivity contribution in [2.24, 2.45) is 0 Å². The van der Waals surface area contributed by atoms with E-state index in [1.54, 1.807) is 12.1 Å². The third kappa shape index (κ3) is 3.41. The van der Waals surface area contributed by atoms with Crippen LogP contribution in [0.2, 0.25) is 0 Å². The second-order valence-corrected chi connectivity index (χ2v) is 3.96. The molecule has 0 amide bonds. The summed E-state index contributed by atoms with van der Waals surface area (Å²) in [5.74, 6) is -0.671. The monoisotopic (exact) mass is 259 g/mol. The quantitative estimate of drug-likeness (QED) is 0.744. The molecule has 0 aliphatic rings. The van der Waals surface area contributed by atoms with Gasteiger partial charge in [-0.25, -0.2) is 4.98 Å². The van der Waals surface area contributed by atoms with E-state index in [-0.39, 0.29) is 17.8 Å². The highest BCUT2D eigenvalue weighted by Gasteiger charge is 2.07. The van der Waals surface area contributed by atoms with Gasteiger partial charge in [0.25, 0.3) is 5.56 Å². The molecular weight excluding hydrogens is 246 g/mol. The molecule has 0 saturated carbocycles. The summed E-state index contributed by atoms with van der Waals surface area (Å²) < 4.78 is 0. The van der Waals surface area contributed by atoms with E-state index in [4.69, 9.17) is 5.11 Å². The lowest BCUT2D eigenvalue weighted by Crippen LogP contribution is -2.16. The van der Waals surface area contributed by atoms with Gasteiger partial charge in [-0.1, -0.05) is 24.3 Å². The molecule has 0 radical (unpaired) electrons. The molecule has 0 fully saturated rings. The average molecular weight is 259 g/mol. The van der Waals surface area contributed by atoms with Crippen molar-refractivity contribution in [1.82, 2.24) is 9.97 Å². The van der Waals surface area contributed by atoms with Gasteiger partial charge in [0.05, 0.1) is 6.42 Å². The molecule has 3 N–H and O–H groups in total. The van der Waals surface area contributed by atoms with E-state index in [0.29, 0.717) is 6.54 Å². The zero-order chi connectivity index (χ0) is 13.7. The van der Waals surface area contributed by atoms with Crippen molar-refractivity contribution >= 4 is 11.8 Å². The van der Waals surface area contributed by atoms with Crippen molar-refractivity contribution in [3.63, 3.8) is 0 Å². The van der Waals surface area contributed by atoms with Crippen LogP contribution in [-0.4, -0.2) is 21.0 Å².